The Hall–Kier alpha value is -1.34. The molecule has 3 heterocycles. The Kier molecular flexibility index (Phi) is 2.64. The summed E-state index contributed by atoms with van der Waals surface area (Å²) in [6.07, 6.45) is 5.00. The Balaban J connectivity index is 2.02. The lowest BCUT2D eigenvalue weighted by atomic mass is 10.2. The predicted octanol–water partition coefficient (Wildman–Crippen LogP) is 0.506. The number of fused-ring (bicyclic) bond motifs is 1. The van der Waals surface area contributed by atoms with E-state index in [1.807, 2.05) is 4.57 Å². The van der Waals surface area contributed by atoms with Crippen LogP contribution in [0, 0.1) is 0 Å². The van der Waals surface area contributed by atoms with Crippen LogP contribution in [0.15, 0.2) is 17.4 Å². The van der Waals surface area contributed by atoms with Crippen LogP contribution in [0.1, 0.15) is 18.2 Å². The molecule has 17 heavy (non-hydrogen) atoms. The van der Waals surface area contributed by atoms with Crippen LogP contribution in [0.5, 0.6) is 0 Å². The smallest absolute Gasteiger partial charge is 0.278 e. The first kappa shape index (κ1) is 10.8. The van der Waals surface area contributed by atoms with Crippen molar-refractivity contribution in [2.75, 3.05) is 6.61 Å². The molecular weight excluding hydrogens is 240 g/mol. The zero-order valence-corrected chi connectivity index (χ0v) is 9.85. The van der Waals surface area contributed by atoms with Gasteiger partial charge >= 0.3 is 0 Å². The Morgan fingerprint density at radius 3 is 3.18 bits per heavy atom. The van der Waals surface area contributed by atoms with Gasteiger partial charge in [-0.05, 0) is 12.8 Å². The number of nitrogens with zero attached hydrogens (tertiary/aromatic N) is 3. The van der Waals surface area contributed by atoms with Crippen molar-refractivity contribution in [3.8, 4) is 0 Å². The maximum absolute atomic E-state index is 11.5. The Labute approximate surface area is 101 Å². The molecule has 90 valence electrons. The summed E-state index contributed by atoms with van der Waals surface area (Å²) in [5, 5.41) is 9.61. The normalized spacial score (nSPS) is 24.5. The molecule has 1 aliphatic heterocycles. The number of aliphatic hydroxyl groups is 1. The Bertz CT molecular complexity index is 593. The first-order valence-corrected chi connectivity index (χ1v) is 6.40. The minimum atomic E-state index is -0.213. The topological polar surface area (TPSA) is 83.8 Å². The van der Waals surface area contributed by atoms with Crippen LogP contribution in [0.25, 0.3) is 11.2 Å². The lowest BCUT2D eigenvalue weighted by Crippen LogP contribution is -2.08. The van der Waals surface area contributed by atoms with Gasteiger partial charge in [-0.25, -0.2) is 9.97 Å². The van der Waals surface area contributed by atoms with Crippen molar-refractivity contribution in [1.29, 1.82) is 0 Å². The molecule has 6 nitrogen and oxygen atoms in total. The van der Waals surface area contributed by atoms with Crippen molar-refractivity contribution in [1.82, 2.24) is 19.5 Å². The number of nitrogens with one attached hydrogen (secondary N) is 1. The lowest BCUT2D eigenvalue weighted by molar-refractivity contribution is 0.292. The third kappa shape index (κ3) is 1.75. The largest absolute Gasteiger partial charge is 0.395 e. The minimum Gasteiger partial charge on any atom is -0.395 e. The summed E-state index contributed by atoms with van der Waals surface area (Å²) in [5.74, 6) is 0. The summed E-state index contributed by atoms with van der Waals surface area (Å²) in [5.41, 5.74) is 0.779. The highest BCUT2D eigenvalue weighted by atomic mass is 32.2. The first-order valence-electron chi connectivity index (χ1n) is 5.46. The van der Waals surface area contributed by atoms with Crippen molar-refractivity contribution in [2.24, 2.45) is 0 Å². The third-order valence-electron chi connectivity index (χ3n) is 2.96. The number of rotatable bonds is 2. The van der Waals surface area contributed by atoms with Crippen molar-refractivity contribution in [3.05, 3.63) is 23.0 Å². The van der Waals surface area contributed by atoms with Crippen molar-refractivity contribution in [2.45, 2.75) is 23.5 Å². The molecule has 0 radical (unpaired) electrons. The van der Waals surface area contributed by atoms with Crippen LogP contribution >= 0.6 is 11.8 Å². The molecule has 0 spiro atoms. The summed E-state index contributed by atoms with van der Waals surface area (Å²) < 4.78 is 1.92. The molecule has 0 aromatic carbocycles. The second kappa shape index (κ2) is 4.15. The van der Waals surface area contributed by atoms with Gasteiger partial charge in [0.1, 0.15) is 0 Å². The Morgan fingerprint density at radius 2 is 2.41 bits per heavy atom. The maximum atomic E-state index is 11.5. The molecule has 2 atom stereocenters. The molecule has 2 N–H and O–H groups in total. The molecule has 0 aliphatic carbocycles. The lowest BCUT2D eigenvalue weighted by Gasteiger charge is -2.11. The average molecular weight is 252 g/mol. The number of aliphatic hydroxyl groups excluding tert-OH is 1. The predicted molar refractivity (Wildman–Crippen MR) is 64.9 cm³/mol. The van der Waals surface area contributed by atoms with Crippen molar-refractivity contribution < 1.29 is 5.11 Å². The van der Waals surface area contributed by atoms with E-state index in [0.717, 1.165) is 12.8 Å². The van der Waals surface area contributed by atoms with Crippen LogP contribution in [-0.2, 0) is 0 Å². The van der Waals surface area contributed by atoms with Crippen LogP contribution in [0.2, 0.25) is 0 Å². The summed E-state index contributed by atoms with van der Waals surface area (Å²) in [7, 11) is 0. The molecule has 2 aromatic rings. The monoisotopic (exact) mass is 252 g/mol. The van der Waals surface area contributed by atoms with E-state index < -0.39 is 0 Å². The zero-order chi connectivity index (χ0) is 11.8. The Morgan fingerprint density at radius 1 is 1.53 bits per heavy atom. The van der Waals surface area contributed by atoms with Gasteiger partial charge in [0.2, 0.25) is 0 Å². The van der Waals surface area contributed by atoms with Crippen LogP contribution in [0.3, 0.4) is 0 Å². The molecule has 0 amide bonds. The molecule has 1 aliphatic rings. The van der Waals surface area contributed by atoms with E-state index in [0.29, 0.717) is 11.2 Å². The fourth-order valence-electron chi connectivity index (χ4n) is 2.10. The molecular formula is C10H12N4O2S. The van der Waals surface area contributed by atoms with E-state index in [1.165, 1.54) is 6.33 Å². The number of H-pyrrole nitrogens is 1. The second-order valence-electron chi connectivity index (χ2n) is 4.03. The van der Waals surface area contributed by atoms with Crippen LogP contribution in [0.4, 0.5) is 0 Å². The molecule has 1 fully saturated rings. The SMILES string of the molecule is O=c1[nH]cnc2c1ncn2[C@@H]1CC[C@H](CO)S1. The second-order valence-corrected chi connectivity index (χ2v) is 5.51. The van der Waals surface area contributed by atoms with Gasteiger partial charge < -0.3 is 14.7 Å². The number of aromatic nitrogens is 4. The molecule has 1 saturated heterocycles. The third-order valence-corrected chi connectivity index (χ3v) is 4.51. The van der Waals surface area contributed by atoms with Gasteiger partial charge in [-0.2, -0.15) is 0 Å². The standard InChI is InChI=1S/C10H12N4O2S/c15-3-6-1-2-7(17-6)14-5-13-8-9(14)11-4-12-10(8)16/h4-7,15H,1-3H2,(H,11,12,16)/t6-,7+/m1/s1. The summed E-state index contributed by atoms with van der Waals surface area (Å²) in [6.45, 7) is 0.196. The van der Waals surface area contributed by atoms with Gasteiger partial charge in [0.25, 0.3) is 5.56 Å². The van der Waals surface area contributed by atoms with E-state index in [1.54, 1.807) is 18.1 Å². The van der Waals surface area contributed by atoms with E-state index in [9.17, 15) is 4.79 Å². The van der Waals surface area contributed by atoms with E-state index in [-0.39, 0.29) is 22.8 Å². The molecule has 0 unspecified atom stereocenters. The minimum absolute atomic E-state index is 0.196. The fourth-order valence-corrected chi connectivity index (χ4v) is 3.46. The number of aromatic amines is 1. The first-order chi connectivity index (χ1) is 8.29. The fraction of sp³-hybridized carbons (Fsp3) is 0.500. The van der Waals surface area contributed by atoms with Crippen LogP contribution < -0.4 is 5.56 Å². The van der Waals surface area contributed by atoms with Crippen molar-refractivity contribution in [3.63, 3.8) is 0 Å². The van der Waals surface area contributed by atoms with Crippen molar-refractivity contribution >= 4 is 22.9 Å². The van der Waals surface area contributed by atoms with Gasteiger partial charge in [0.05, 0.1) is 24.6 Å². The number of thioether (sulfide) groups is 1. The van der Waals surface area contributed by atoms with Gasteiger partial charge in [-0.3, -0.25) is 4.79 Å². The molecule has 0 bridgehead atoms. The summed E-state index contributed by atoms with van der Waals surface area (Å²) >= 11 is 1.71. The number of imidazole rings is 1. The van der Waals surface area contributed by atoms with E-state index in [4.69, 9.17) is 5.11 Å². The van der Waals surface area contributed by atoms with Gasteiger partial charge in [-0.1, -0.05) is 0 Å². The van der Waals surface area contributed by atoms with Crippen LogP contribution in [-0.4, -0.2) is 36.5 Å². The van der Waals surface area contributed by atoms with Gasteiger partial charge in [0.15, 0.2) is 11.2 Å². The highest BCUT2D eigenvalue weighted by Crippen LogP contribution is 2.41. The van der Waals surface area contributed by atoms with E-state index in [2.05, 4.69) is 15.0 Å². The highest BCUT2D eigenvalue weighted by Gasteiger charge is 2.27. The van der Waals surface area contributed by atoms with Gasteiger partial charge in [0, 0.05) is 5.25 Å². The van der Waals surface area contributed by atoms with Gasteiger partial charge in [-0.15, -0.1) is 11.8 Å². The number of hydrogen-bond donors (Lipinski definition) is 2. The molecule has 7 heteroatoms. The van der Waals surface area contributed by atoms with E-state index >= 15 is 0 Å². The quantitative estimate of drug-likeness (QED) is 0.813. The molecule has 3 rings (SSSR count). The maximum Gasteiger partial charge on any atom is 0.278 e. The highest BCUT2D eigenvalue weighted by molar-refractivity contribution is 8.00. The summed E-state index contributed by atoms with van der Waals surface area (Å²) in [4.78, 5) is 22.3. The summed E-state index contributed by atoms with van der Waals surface area (Å²) in [6, 6.07) is 0. The molecule has 0 saturated carbocycles. The average Bonchev–Trinajstić information content (AvgIpc) is 2.94. The molecule has 2 aromatic heterocycles. The number of hydrogen-bond acceptors (Lipinski definition) is 5. The zero-order valence-electron chi connectivity index (χ0n) is 9.04.